The standard InChI is InChI=1S/C16H20ClNO2/c1-12(19)14-10-13(17)6-7-15(14)20-9-5-4-8-16(2,3)11-18/h6-7,10H,4-5,8-9H2,1-3H3. The summed E-state index contributed by atoms with van der Waals surface area (Å²) in [6.07, 6.45) is 2.61. The fourth-order valence-electron chi connectivity index (χ4n) is 1.81. The van der Waals surface area contributed by atoms with Gasteiger partial charge in [0.15, 0.2) is 5.78 Å². The summed E-state index contributed by atoms with van der Waals surface area (Å²) < 4.78 is 5.64. The first-order valence-electron chi connectivity index (χ1n) is 6.70. The predicted octanol–water partition coefficient (Wildman–Crippen LogP) is 4.64. The van der Waals surface area contributed by atoms with Crippen LogP contribution in [-0.4, -0.2) is 12.4 Å². The molecule has 3 nitrogen and oxygen atoms in total. The zero-order valence-corrected chi connectivity index (χ0v) is 13.0. The van der Waals surface area contributed by atoms with Crippen LogP contribution in [0.15, 0.2) is 18.2 Å². The Kier molecular flexibility index (Phi) is 6.04. The number of carbonyl (C=O) groups is 1. The van der Waals surface area contributed by atoms with Crippen LogP contribution in [0.1, 0.15) is 50.4 Å². The van der Waals surface area contributed by atoms with Crippen LogP contribution < -0.4 is 4.74 Å². The SMILES string of the molecule is CC(=O)c1cc(Cl)ccc1OCCCCC(C)(C)C#N. The highest BCUT2D eigenvalue weighted by atomic mass is 35.5. The van der Waals surface area contributed by atoms with Crippen LogP contribution in [-0.2, 0) is 0 Å². The van der Waals surface area contributed by atoms with Gasteiger partial charge in [-0.2, -0.15) is 5.26 Å². The third-order valence-electron chi connectivity index (χ3n) is 3.08. The van der Waals surface area contributed by atoms with Gasteiger partial charge in [0, 0.05) is 5.02 Å². The third kappa shape index (κ3) is 5.22. The molecule has 0 aliphatic heterocycles. The van der Waals surface area contributed by atoms with Crippen molar-refractivity contribution < 1.29 is 9.53 Å². The Morgan fingerprint density at radius 2 is 2.10 bits per heavy atom. The molecule has 0 aliphatic carbocycles. The Balaban J connectivity index is 2.47. The maximum absolute atomic E-state index is 11.5. The van der Waals surface area contributed by atoms with Gasteiger partial charge in [-0.15, -0.1) is 0 Å². The van der Waals surface area contributed by atoms with Crippen LogP contribution in [0.25, 0.3) is 0 Å². The minimum absolute atomic E-state index is 0.0619. The topological polar surface area (TPSA) is 50.1 Å². The molecule has 0 atom stereocenters. The first-order chi connectivity index (χ1) is 9.35. The number of Topliss-reactive ketones (excluding diaryl/α,β-unsaturated/α-hetero) is 1. The molecule has 0 heterocycles. The number of nitrogens with zero attached hydrogens (tertiary/aromatic N) is 1. The van der Waals surface area contributed by atoms with E-state index in [4.69, 9.17) is 21.6 Å². The van der Waals surface area contributed by atoms with Gasteiger partial charge in [0.1, 0.15) is 5.75 Å². The van der Waals surface area contributed by atoms with E-state index in [1.165, 1.54) is 6.92 Å². The van der Waals surface area contributed by atoms with E-state index >= 15 is 0 Å². The molecule has 1 aromatic rings. The third-order valence-corrected chi connectivity index (χ3v) is 3.31. The number of hydrogen-bond donors (Lipinski definition) is 0. The molecule has 0 aromatic heterocycles. The first kappa shape index (κ1) is 16.5. The summed E-state index contributed by atoms with van der Waals surface area (Å²) in [5.74, 6) is 0.509. The quantitative estimate of drug-likeness (QED) is 0.543. The van der Waals surface area contributed by atoms with Crippen molar-refractivity contribution in [1.82, 2.24) is 0 Å². The van der Waals surface area contributed by atoms with Gasteiger partial charge < -0.3 is 4.74 Å². The van der Waals surface area contributed by atoms with Crippen LogP contribution >= 0.6 is 11.6 Å². The van der Waals surface area contributed by atoms with Crippen molar-refractivity contribution in [3.05, 3.63) is 28.8 Å². The molecule has 4 heteroatoms. The van der Waals surface area contributed by atoms with Crippen molar-refractivity contribution in [2.75, 3.05) is 6.61 Å². The average molecular weight is 294 g/mol. The first-order valence-corrected chi connectivity index (χ1v) is 7.08. The maximum atomic E-state index is 11.5. The molecule has 0 saturated heterocycles. The Morgan fingerprint density at radius 1 is 1.40 bits per heavy atom. The number of carbonyl (C=O) groups excluding carboxylic acids is 1. The van der Waals surface area contributed by atoms with Crippen molar-refractivity contribution in [2.45, 2.75) is 40.0 Å². The lowest BCUT2D eigenvalue weighted by atomic mass is 9.89. The molecule has 0 N–H and O–H groups in total. The van der Waals surface area contributed by atoms with Crippen LogP contribution in [0, 0.1) is 16.7 Å². The largest absolute Gasteiger partial charge is 0.493 e. The number of rotatable bonds is 7. The van der Waals surface area contributed by atoms with E-state index < -0.39 is 0 Å². The monoisotopic (exact) mass is 293 g/mol. The second-order valence-corrected chi connectivity index (χ2v) is 5.93. The zero-order valence-electron chi connectivity index (χ0n) is 12.2. The van der Waals surface area contributed by atoms with E-state index in [9.17, 15) is 4.79 Å². The number of hydrogen-bond acceptors (Lipinski definition) is 3. The minimum Gasteiger partial charge on any atom is -0.493 e. The molecular weight excluding hydrogens is 274 g/mol. The molecule has 0 aliphatic rings. The van der Waals surface area contributed by atoms with E-state index in [-0.39, 0.29) is 11.2 Å². The Morgan fingerprint density at radius 3 is 2.70 bits per heavy atom. The van der Waals surface area contributed by atoms with Crippen molar-refractivity contribution >= 4 is 17.4 Å². The molecule has 108 valence electrons. The molecule has 0 saturated carbocycles. The van der Waals surface area contributed by atoms with Gasteiger partial charge in [0.2, 0.25) is 0 Å². The summed E-state index contributed by atoms with van der Waals surface area (Å²) in [6, 6.07) is 7.33. The van der Waals surface area contributed by atoms with Gasteiger partial charge in [-0.3, -0.25) is 4.79 Å². The molecule has 0 amide bonds. The van der Waals surface area contributed by atoms with Gasteiger partial charge in [-0.1, -0.05) is 11.6 Å². The summed E-state index contributed by atoms with van der Waals surface area (Å²) in [5.41, 5.74) is 0.222. The van der Waals surface area contributed by atoms with Gasteiger partial charge >= 0.3 is 0 Å². The molecular formula is C16H20ClNO2. The van der Waals surface area contributed by atoms with Gasteiger partial charge in [-0.25, -0.2) is 0 Å². The summed E-state index contributed by atoms with van der Waals surface area (Å²) in [6.45, 7) is 5.89. The summed E-state index contributed by atoms with van der Waals surface area (Å²) in [4.78, 5) is 11.5. The maximum Gasteiger partial charge on any atom is 0.163 e. The van der Waals surface area contributed by atoms with Crippen molar-refractivity contribution in [2.24, 2.45) is 5.41 Å². The van der Waals surface area contributed by atoms with Crippen LogP contribution in [0.2, 0.25) is 5.02 Å². The number of halogens is 1. The summed E-state index contributed by atoms with van der Waals surface area (Å²) in [5, 5.41) is 9.45. The Labute approximate surface area is 125 Å². The predicted molar refractivity (Wildman–Crippen MR) is 80.2 cm³/mol. The number of nitriles is 1. The van der Waals surface area contributed by atoms with Crippen LogP contribution in [0.3, 0.4) is 0 Å². The van der Waals surface area contributed by atoms with E-state index in [0.717, 1.165) is 19.3 Å². The van der Waals surface area contributed by atoms with Gasteiger partial charge in [-0.05, 0) is 58.2 Å². The van der Waals surface area contributed by atoms with E-state index in [0.29, 0.717) is 22.9 Å². The molecule has 0 radical (unpaired) electrons. The fourth-order valence-corrected chi connectivity index (χ4v) is 1.98. The van der Waals surface area contributed by atoms with Gasteiger partial charge in [0.25, 0.3) is 0 Å². The smallest absolute Gasteiger partial charge is 0.163 e. The Bertz CT molecular complexity index is 518. The summed E-state index contributed by atoms with van der Waals surface area (Å²) in [7, 11) is 0. The molecule has 0 unspecified atom stereocenters. The molecule has 1 rings (SSSR count). The molecule has 0 spiro atoms. The van der Waals surface area contributed by atoms with Crippen molar-refractivity contribution in [3.8, 4) is 11.8 Å². The lowest BCUT2D eigenvalue weighted by Crippen LogP contribution is -2.09. The number of ether oxygens (including phenoxy) is 1. The second-order valence-electron chi connectivity index (χ2n) is 5.50. The highest BCUT2D eigenvalue weighted by Crippen LogP contribution is 2.25. The van der Waals surface area contributed by atoms with E-state index in [1.807, 2.05) is 13.8 Å². The molecule has 1 aromatic carbocycles. The number of unbranched alkanes of at least 4 members (excludes halogenated alkanes) is 1. The Hall–Kier alpha value is -1.53. The zero-order chi connectivity index (χ0) is 15.2. The van der Waals surface area contributed by atoms with Crippen LogP contribution in [0.5, 0.6) is 5.75 Å². The highest BCUT2D eigenvalue weighted by molar-refractivity contribution is 6.31. The fraction of sp³-hybridized carbons (Fsp3) is 0.500. The number of ketones is 1. The van der Waals surface area contributed by atoms with Crippen molar-refractivity contribution in [3.63, 3.8) is 0 Å². The van der Waals surface area contributed by atoms with Crippen LogP contribution in [0.4, 0.5) is 0 Å². The number of benzene rings is 1. The minimum atomic E-state index is -0.287. The summed E-state index contributed by atoms with van der Waals surface area (Å²) >= 11 is 5.87. The van der Waals surface area contributed by atoms with Gasteiger partial charge in [0.05, 0.1) is 23.7 Å². The molecule has 20 heavy (non-hydrogen) atoms. The van der Waals surface area contributed by atoms with Crippen molar-refractivity contribution in [1.29, 1.82) is 5.26 Å². The van der Waals surface area contributed by atoms with E-state index in [1.54, 1.807) is 18.2 Å². The van der Waals surface area contributed by atoms with E-state index in [2.05, 4.69) is 6.07 Å². The normalized spacial score (nSPS) is 10.9. The molecule has 0 fully saturated rings. The molecule has 0 bridgehead atoms. The lowest BCUT2D eigenvalue weighted by Gasteiger charge is -2.15. The highest BCUT2D eigenvalue weighted by Gasteiger charge is 2.15. The lowest BCUT2D eigenvalue weighted by molar-refractivity contribution is 0.101. The average Bonchev–Trinajstić information content (AvgIpc) is 2.39. The second kappa shape index (κ2) is 7.31.